The zero-order valence-electron chi connectivity index (χ0n) is 17.3. The lowest BCUT2D eigenvalue weighted by Gasteiger charge is -2.39. The van der Waals surface area contributed by atoms with Gasteiger partial charge in [0.1, 0.15) is 52.6 Å². The second kappa shape index (κ2) is 8.89. The van der Waals surface area contributed by atoms with Crippen molar-refractivity contribution in [3.05, 3.63) is 46.6 Å². The van der Waals surface area contributed by atoms with Crippen LogP contribution in [0.4, 0.5) is 0 Å². The van der Waals surface area contributed by atoms with Crippen molar-refractivity contribution in [2.45, 2.75) is 30.7 Å². The summed E-state index contributed by atoms with van der Waals surface area (Å²) in [6.07, 6.45) is -7.43. The summed E-state index contributed by atoms with van der Waals surface area (Å²) in [5.74, 6) is -0.373. The molecule has 1 aliphatic heterocycles. The van der Waals surface area contributed by atoms with E-state index in [1.54, 1.807) is 6.07 Å². The molecule has 0 bridgehead atoms. The van der Waals surface area contributed by atoms with E-state index >= 15 is 0 Å². The highest BCUT2D eigenvalue weighted by molar-refractivity contribution is 5.86. The molecule has 0 spiro atoms. The molecule has 1 aromatic heterocycles. The lowest BCUT2D eigenvalue weighted by Crippen LogP contribution is -2.60. The molecule has 0 radical (unpaired) electrons. The number of aliphatic hydroxyl groups is 4. The molecular weight excluding hydrogens is 440 g/mol. The highest BCUT2D eigenvalue weighted by Gasteiger charge is 2.45. The molecule has 176 valence electrons. The van der Waals surface area contributed by atoms with Crippen molar-refractivity contribution in [2.24, 2.45) is 0 Å². The van der Waals surface area contributed by atoms with Gasteiger partial charge in [0.15, 0.2) is 16.9 Å². The molecule has 3 aromatic rings. The Morgan fingerprint density at radius 1 is 0.970 bits per heavy atom. The normalized spacial score (nSPS) is 25.2. The predicted octanol–water partition coefficient (Wildman–Crippen LogP) is 0.0585. The molecule has 4 rings (SSSR count). The number of hydrogen-bond acceptors (Lipinski definition) is 11. The average Bonchev–Trinajstić information content (AvgIpc) is 2.78. The largest absolute Gasteiger partial charge is 0.508 e. The van der Waals surface area contributed by atoms with E-state index in [-0.39, 0.29) is 34.0 Å². The van der Waals surface area contributed by atoms with Crippen LogP contribution in [0.2, 0.25) is 0 Å². The Bertz CT molecular complexity index is 1220. The fraction of sp³-hybridized carbons (Fsp3) is 0.318. The van der Waals surface area contributed by atoms with Crippen LogP contribution in [0.15, 0.2) is 45.6 Å². The predicted molar refractivity (Wildman–Crippen MR) is 112 cm³/mol. The number of phenols is 2. The van der Waals surface area contributed by atoms with Crippen molar-refractivity contribution in [3.8, 4) is 34.3 Å². The quantitative estimate of drug-likeness (QED) is 0.302. The van der Waals surface area contributed by atoms with Gasteiger partial charge >= 0.3 is 0 Å². The van der Waals surface area contributed by atoms with Crippen molar-refractivity contribution in [1.29, 1.82) is 0 Å². The van der Waals surface area contributed by atoms with Gasteiger partial charge in [0.25, 0.3) is 0 Å². The van der Waals surface area contributed by atoms with E-state index in [1.807, 2.05) is 0 Å². The Kier molecular flexibility index (Phi) is 6.15. The van der Waals surface area contributed by atoms with Crippen molar-refractivity contribution in [3.63, 3.8) is 0 Å². The van der Waals surface area contributed by atoms with Crippen molar-refractivity contribution in [2.75, 3.05) is 13.7 Å². The lowest BCUT2D eigenvalue weighted by atomic mass is 9.99. The first-order chi connectivity index (χ1) is 15.7. The third kappa shape index (κ3) is 4.19. The van der Waals surface area contributed by atoms with E-state index in [4.69, 9.17) is 18.6 Å². The maximum Gasteiger partial charge on any atom is 0.229 e. The number of phenolic OH excluding ortho intramolecular Hbond substituents is 2. The Labute approximate surface area is 186 Å². The Morgan fingerprint density at radius 2 is 1.73 bits per heavy atom. The summed E-state index contributed by atoms with van der Waals surface area (Å²) in [7, 11) is 1.37. The van der Waals surface area contributed by atoms with Gasteiger partial charge in [-0.3, -0.25) is 4.79 Å². The van der Waals surface area contributed by atoms with Gasteiger partial charge in [-0.15, -0.1) is 0 Å². The van der Waals surface area contributed by atoms with Crippen LogP contribution < -0.4 is 14.9 Å². The van der Waals surface area contributed by atoms with E-state index in [9.17, 15) is 35.4 Å². The minimum Gasteiger partial charge on any atom is -0.508 e. The van der Waals surface area contributed by atoms with E-state index < -0.39 is 48.5 Å². The van der Waals surface area contributed by atoms with Crippen LogP contribution in [-0.4, -0.2) is 75.1 Å². The molecule has 11 nitrogen and oxygen atoms in total. The highest BCUT2D eigenvalue weighted by Crippen LogP contribution is 2.36. The number of benzene rings is 2. The third-order valence-electron chi connectivity index (χ3n) is 5.33. The van der Waals surface area contributed by atoms with Gasteiger partial charge in [-0.25, -0.2) is 0 Å². The smallest absolute Gasteiger partial charge is 0.229 e. The van der Waals surface area contributed by atoms with Gasteiger partial charge in [-0.1, -0.05) is 0 Å². The van der Waals surface area contributed by atoms with Crippen LogP contribution in [0.25, 0.3) is 22.3 Å². The van der Waals surface area contributed by atoms with Crippen LogP contribution in [0.3, 0.4) is 0 Å². The van der Waals surface area contributed by atoms with Gasteiger partial charge < -0.3 is 49.3 Å². The standard InChI is InChI=1S/C22H22O11/c1-30-13-3-2-9(14-7-12(26)18-11(25)5-10(24)6-16(18)31-14)4-15(13)32-22-21(29)20(28)19(27)17(8-23)33-22/h2-7,17,19-25,27-29H,8H2,1H3/t17-,19-,20-,21+,22-/m1/s1. The molecule has 33 heavy (non-hydrogen) atoms. The summed E-state index contributed by atoms with van der Waals surface area (Å²) in [6, 6.07) is 7.85. The Morgan fingerprint density at radius 3 is 2.42 bits per heavy atom. The molecule has 2 heterocycles. The number of ether oxygens (including phenoxy) is 3. The van der Waals surface area contributed by atoms with Crippen LogP contribution in [-0.2, 0) is 4.74 Å². The Hall–Kier alpha value is -3.35. The lowest BCUT2D eigenvalue weighted by molar-refractivity contribution is -0.277. The minimum atomic E-state index is -1.64. The van der Waals surface area contributed by atoms with E-state index in [0.29, 0.717) is 5.56 Å². The van der Waals surface area contributed by atoms with Gasteiger partial charge in [0.05, 0.1) is 13.7 Å². The zero-order chi connectivity index (χ0) is 23.9. The molecule has 11 heteroatoms. The first kappa shape index (κ1) is 22.8. The third-order valence-corrected chi connectivity index (χ3v) is 5.33. The molecular formula is C22H22O11. The van der Waals surface area contributed by atoms with Crippen molar-refractivity contribution in [1.82, 2.24) is 0 Å². The molecule has 0 saturated carbocycles. The minimum absolute atomic E-state index is 0.0396. The first-order valence-corrected chi connectivity index (χ1v) is 9.89. The summed E-state index contributed by atoms with van der Waals surface area (Å²) in [5.41, 5.74) is -0.240. The van der Waals surface area contributed by atoms with Crippen LogP contribution in [0.5, 0.6) is 23.0 Å². The van der Waals surface area contributed by atoms with Gasteiger partial charge in [-0.05, 0) is 18.2 Å². The number of methoxy groups -OCH3 is 1. The summed E-state index contributed by atoms with van der Waals surface area (Å²) in [6.45, 7) is -0.621. The highest BCUT2D eigenvalue weighted by atomic mass is 16.7. The second-order valence-electron chi connectivity index (χ2n) is 7.49. The van der Waals surface area contributed by atoms with Crippen LogP contribution in [0, 0.1) is 0 Å². The fourth-order valence-corrected chi connectivity index (χ4v) is 3.61. The fourth-order valence-electron chi connectivity index (χ4n) is 3.61. The first-order valence-electron chi connectivity index (χ1n) is 9.89. The molecule has 0 unspecified atom stereocenters. The summed E-state index contributed by atoms with van der Waals surface area (Å²) in [5, 5.41) is 59.1. The number of fused-ring (bicyclic) bond motifs is 1. The average molecular weight is 462 g/mol. The second-order valence-corrected chi connectivity index (χ2v) is 7.49. The topological polar surface area (TPSA) is 179 Å². The number of rotatable bonds is 5. The van der Waals surface area contributed by atoms with E-state index in [0.717, 1.165) is 12.1 Å². The molecule has 1 saturated heterocycles. The summed E-state index contributed by atoms with van der Waals surface area (Å²) >= 11 is 0. The SMILES string of the molecule is COc1ccc(-c2cc(=O)c3c(O)cc(O)cc3o2)cc1O[C@@H]1O[C@H](CO)[C@@H](O)[C@@H](O)[C@@H]1O. The molecule has 0 amide bonds. The van der Waals surface area contributed by atoms with Crippen LogP contribution >= 0.6 is 0 Å². The zero-order valence-corrected chi connectivity index (χ0v) is 17.3. The molecule has 0 aliphatic carbocycles. The summed E-state index contributed by atoms with van der Waals surface area (Å²) in [4.78, 5) is 12.5. The van der Waals surface area contributed by atoms with E-state index in [1.165, 1.54) is 25.3 Å². The summed E-state index contributed by atoms with van der Waals surface area (Å²) < 4.78 is 22.0. The van der Waals surface area contributed by atoms with Gasteiger partial charge in [-0.2, -0.15) is 0 Å². The monoisotopic (exact) mass is 462 g/mol. The van der Waals surface area contributed by atoms with Crippen LogP contribution in [0.1, 0.15) is 0 Å². The maximum absolute atomic E-state index is 12.5. The van der Waals surface area contributed by atoms with Gasteiger partial charge in [0.2, 0.25) is 6.29 Å². The molecule has 1 aliphatic rings. The number of aliphatic hydroxyl groups excluding tert-OH is 4. The number of hydrogen-bond donors (Lipinski definition) is 6. The molecule has 1 fully saturated rings. The maximum atomic E-state index is 12.5. The van der Waals surface area contributed by atoms with Crippen molar-refractivity contribution < 1.29 is 49.3 Å². The molecule has 2 aromatic carbocycles. The van der Waals surface area contributed by atoms with Gasteiger partial charge in [0, 0.05) is 23.8 Å². The van der Waals surface area contributed by atoms with Crippen molar-refractivity contribution >= 4 is 11.0 Å². The Balaban J connectivity index is 1.73. The number of aromatic hydroxyl groups is 2. The van der Waals surface area contributed by atoms with E-state index in [2.05, 4.69) is 0 Å². The molecule has 6 N–H and O–H groups in total. The molecule has 5 atom stereocenters.